The number of unbranched alkanes of at least 4 members (excludes halogenated alkanes) is 24. The van der Waals surface area contributed by atoms with Gasteiger partial charge in [-0.1, -0.05) is 162 Å². The molecule has 1 N–H and O–H groups in total. The van der Waals surface area contributed by atoms with Gasteiger partial charge in [0, 0.05) is 26.3 Å². The molecule has 0 bridgehead atoms. The van der Waals surface area contributed by atoms with Crippen molar-refractivity contribution < 1.29 is 29.1 Å². The first-order chi connectivity index (χ1) is 26.8. The summed E-state index contributed by atoms with van der Waals surface area (Å²) in [5.41, 5.74) is 0. The second-order valence-corrected chi connectivity index (χ2v) is 16.5. The molecule has 0 radical (unpaired) electrons. The fourth-order valence-electron chi connectivity index (χ4n) is 7.35. The van der Waals surface area contributed by atoms with Crippen LogP contribution in [0.3, 0.4) is 0 Å². The minimum absolute atomic E-state index is 0.00468. The highest BCUT2D eigenvalue weighted by Crippen LogP contribution is 2.19. The van der Waals surface area contributed by atoms with Crippen LogP contribution in [0.25, 0.3) is 0 Å². The van der Waals surface area contributed by atoms with Crippen molar-refractivity contribution in [2.24, 2.45) is 0 Å². The van der Waals surface area contributed by atoms with Crippen LogP contribution in [0.4, 0.5) is 0 Å². The normalized spacial score (nSPS) is 11.5. The topological polar surface area (TPSA) is 96.4 Å². The summed E-state index contributed by atoms with van der Waals surface area (Å²) >= 11 is 0. The van der Waals surface area contributed by atoms with Crippen LogP contribution in [0.2, 0.25) is 0 Å². The average Bonchev–Trinajstić information content (AvgIpc) is 3.17. The maximum Gasteiger partial charge on any atom is 0.306 e. The van der Waals surface area contributed by atoms with Crippen molar-refractivity contribution in [2.45, 2.75) is 252 Å². The van der Waals surface area contributed by atoms with Gasteiger partial charge in [0.2, 0.25) is 5.91 Å². The van der Waals surface area contributed by atoms with Crippen LogP contribution in [0.1, 0.15) is 245 Å². The number of hydrogen-bond acceptors (Lipinski definition) is 7. The number of rotatable bonds is 43. The Bertz CT molecular complexity index is 837. The van der Waals surface area contributed by atoms with Gasteiger partial charge < -0.3 is 14.4 Å². The molecule has 0 aliphatic rings. The lowest BCUT2D eigenvalue weighted by Gasteiger charge is -2.22. The van der Waals surface area contributed by atoms with Gasteiger partial charge in [0.1, 0.15) is 6.10 Å². The summed E-state index contributed by atoms with van der Waals surface area (Å²) in [7, 11) is 1.39. The number of carbonyl (C=O) groups is 3. The Labute approximate surface area is 341 Å². The van der Waals surface area contributed by atoms with Gasteiger partial charge in [0.25, 0.3) is 0 Å². The van der Waals surface area contributed by atoms with Gasteiger partial charge in [0.15, 0.2) is 0 Å². The summed E-state index contributed by atoms with van der Waals surface area (Å²) in [6.45, 7) is 10.2. The number of nitrogens with zero attached hydrogens (tertiary/aromatic N) is 2. The van der Waals surface area contributed by atoms with E-state index in [9.17, 15) is 19.6 Å². The van der Waals surface area contributed by atoms with E-state index in [4.69, 9.17) is 9.47 Å². The van der Waals surface area contributed by atoms with Crippen LogP contribution in [0.5, 0.6) is 0 Å². The smallest absolute Gasteiger partial charge is 0.306 e. The SMILES string of the molecule is CCCCCCCCCOC(=O)CCCCCCCN(CCCCCCCC(=O)OC(CCCCCCCC)CCCCCCCC)CCCC(=O)N(C)O. The Kier molecular flexibility index (Phi) is 40.7. The summed E-state index contributed by atoms with van der Waals surface area (Å²) in [5, 5.41) is 10.1. The zero-order valence-corrected chi connectivity index (χ0v) is 37.0. The molecule has 0 atom stereocenters. The Morgan fingerprint density at radius 2 is 0.836 bits per heavy atom. The first kappa shape index (κ1) is 53.3. The Balaban J connectivity index is 4.31. The highest BCUT2D eigenvalue weighted by Gasteiger charge is 2.15. The Hall–Kier alpha value is -1.67. The van der Waals surface area contributed by atoms with Crippen molar-refractivity contribution in [3.63, 3.8) is 0 Å². The van der Waals surface area contributed by atoms with Crippen LogP contribution in [0.15, 0.2) is 0 Å². The van der Waals surface area contributed by atoms with Gasteiger partial charge in [-0.2, -0.15) is 0 Å². The molecule has 0 aromatic heterocycles. The Morgan fingerprint density at radius 1 is 0.455 bits per heavy atom. The largest absolute Gasteiger partial charge is 0.466 e. The molecule has 8 heteroatoms. The number of esters is 2. The molecule has 55 heavy (non-hydrogen) atoms. The average molecular weight is 781 g/mol. The van der Waals surface area contributed by atoms with E-state index in [1.807, 2.05) is 0 Å². The summed E-state index contributed by atoms with van der Waals surface area (Å²) < 4.78 is 11.5. The maximum atomic E-state index is 12.8. The predicted octanol–water partition coefficient (Wildman–Crippen LogP) is 13.3. The third kappa shape index (κ3) is 39.0. The molecule has 0 saturated heterocycles. The van der Waals surface area contributed by atoms with E-state index in [0.717, 1.165) is 116 Å². The minimum Gasteiger partial charge on any atom is -0.466 e. The third-order valence-electron chi connectivity index (χ3n) is 11.0. The van der Waals surface area contributed by atoms with Crippen LogP contribution in [-0.2, 0) is 23.9 Å². The standard InChI is InChI=1S/C47H92N2O6/c1-5-8-11-14-17-26-33-43-54-46(51)38-29-22-18-24-31-40-49(42-34-37-45(50)48(4)53)41-32-25-19-23-30-39-47(52)55-44(35-27-20-15-12-9-6-2)36-28-21-16-13-10-7-3/h44,53H,5-43H2,1-4H3. The molecule has 0 aliphatic carbocycles. The summed E-state index contributed by atoms with van der Waals surface area (Å²) in [5.74, 6) is -0.295. The van der Waals surface area contributed by atoms with Gasteiger partial charge >= 0.3 is 11.9 Å². The van der Waals surface area contributed by atoms with Gasteiger partial charge in [-0.3, -0.25) is 19.6 Å². The summed E-state index contributed by atoms with van der Waals surface area (Å²) in [6.07, 6.45) is 38.7. The van der Waals surface area contributed by atoms with Crippen molar-refractivity contribution in [3.8, 4) is 0 Å². The first-order valence-corrected chi connectivity index (χ1v) is 23.9. The molecule has 0 aromatic carbocycles. The van der Waals surface area contributed by atoms with Gasteiger partial charge in [0.05, 0.1) is 6.61 Å². The molecule has 1 amide bonds. The lowest BCUT2D eigenvalue weighted by atomic mass is 10.0. The second kappa shape index (κ2) is 41.9. The monoisotopic (exact) mass is 781 g/mol. The number of ether oxygens (including phenoxy) is 2. The van der Waals surface area contributed by atoms with Crippen molar-refractivity contribution in [1.29, 1.82) is 0 Å². The molecule has 326 valence electrons. The van der Waals surface area contributed by atoms with Crippen molar-refractivity contribution in [2.75, 3.05) is 33.3 Å². The lowest BCUT2D eigenvalue weighted by Crippen LogP contribution is -2.29. The fraction of sp³-hybridized carbons (Fsp3) is 0.936. The highest BCUT2D eigenvalue weighted by atomic mass is 16.5. The van der Waals surface area contributed by atoms with E-state index in [0.29, 0.717) is 30.9 Å². The fourth-order valence-corrected chi connectivity index (χ4v) is 7.35. The second-order valence-electron chi connectivity index (χ2n) is 16.5. The highest BCUT2D eigenvalue weighted by molar-refractivity contribution is 5.74. The molecule has 8 nitrogen and oxygen atoms in total. The van der Waals surface area contributed by atoms with E-state index < -0.39 is 0 Å². The van der Waals surface area contributed by atoms with Crippen LogP contribution < -0.4 is 0 Å². The quantitative estimate of drug-likeness (QED) is 0.0285. The van der Waals surface area contributed by atoms with Gasteiger partial charge in [-0.05, 0) is 83.8 Å². The van der Waals surface area contributed by atoms with Crippen LogP contribution in [-0.4, -0.2) is 72.4 Å². The summed E-state index contributed by atoms with van der Waals surface area (Å²) in [4.78, 5) is 39.2. The van der Waals surface area contributed by atoms with Crippen LogP contribution >= 0.6 is 0 Å². The molecule has 0 aromatic rings. The molecule has 0 rings (SSSR count). The van der Waals surface area contributed by atoms with Gasteiger partial charge in [-0.25, -0.2) is 5.06 Å². The summed E-state index contributed by atoms with van der Waals surface area (Å²) in [6, 6.07) is 0. The first-order valence-electron chi connectivity index (χ1n) is 23.9. The Morgan fingerprint density at radius 3 is 1.31 bits per heavy atom. The molecular weight excluding hydrogens is 689 g/mol. The van der Waals surface area contributed by atoms with Gasteiger partial charge in [-0.15, -0.1) is 0 Å². The molecular formula is C47H92N2O6. The zero-order valence-electron chi connectivity index (χ0n) is 37.0. The van der Waals surface area contributed by atoms with E-state index in [1.165, 1.54) is 116 Å². The third-order valence-corrected chi connectivity index (χ3v) is 11.0. The van der Waals surface area contributed by atoms with Crippen molar-refractivity contribution in [3.05, 3.63) is 0 Å². The van der Waals surface area contributed by atoms with E-state index >= 15 is 0 Å². The maximum absolute atomic E-state index is 12.8. The molecule has 0 unspecified atom stereocenters. The number of carbonyl (C=O) groups excluding carboxylic acids is 3. The lowest BCUT2D eigenvalue weighted by molar-refractivity contribution is -0.159. The molecule has 0 heterocycles. The minimum atomic E-state index is -0.240. The van der Waals surface area contributed by atoms with E-state index in [2.05, 4.69) is 25.7 Å². The van der Waals surface area contributed by atoms with E-state index in [-0.39, 0.29) is 23.9 Å². The molecule has 0 spiro atoms. The molecule has 0 fully saturated rings. The predicted molar refractivity (Wildman–Crippen MR) is 230 cm³/mol. The number of hydrogen-bond donors (Lipinski definition) is 1. The molecule has 0 saturated carbocycles. The van der Waals surface area contributed by atoms with Crippen molar-refractivity contribution >= 4 is 17.8 Å². The zero-order chi connectivity index (χ0) is 40.5. The van der Waals surface area contributed by atoms with E-state index in [1.54, 1.807) is 0 Å². The number of hydroxylamine groups is 2. The van der Waals surface area contributed by atoms with Crippen molar-refractivity contribution in [1.82, 2.24) is 9.96 Å². The molecule has 0 aliphatic heterocycles. The number of amides is 1. The van der Waals surface area contributed by atoms with Crippen LogP contribution in [0, 0.1) is 0 Å².